The van der Waals surface area contributed by atoms with Crippen LogP contribution in [0.15, 0.2) is 18.2 Å². The Balaban J connectivity index is 2.27. The largest absolute Gasteiger partial charge is 0.481 e. The number of nitrogens with zero attached hydrogens (tertiary/aromatic N) is 1. The van der Waals surface area contributed by atoms with Crippen molar-refractivity contribution in [2.75, 3.05) is 24.7 Å². The van der Waals surface area contributed by atoms with Gasteiger partial charge in [-0.2, -0.15) is 0 Å². The van der Waals surface area contributed by atoms with Crippen molar-refractivity contribution in [2.24, 2.45) is 5.73 Å². The topological polar surface area (TPSA) is 92.9 Å². The molecule has 0 bridgehead atoms. The Morgan fingerprint density at radius 2 is 2.25 bits per heavy atom. The monoisotopic (exact) mass is 282 g/mol. The molecule has 1 aliphatic rings. The summed E-state index contributed by atoms with van der Waals surface area (Å²) in [5.74, 6) is -2.28. The molecule has 108 valence electrons. The molecule has 0 aromatic heterocycles. The summed E-state index contributed by atoms with van der Waals surface area (Å²) in [7, 11) is 0. The number of anilines is 1. The molecule has 0 spiro atoms. The number of carbonyl (C=O) groups excluding carboxylic acids is 1. The number of carboxylic acids is 1. The molecule has 1 fully saturated rings. The molecule has 1 atom stereocenters. The zero-order valence-electron chi connectivity index (χ0n) is 10.7. The maximum atomic E-state index is 14.1. The lowest BCUT2D eigenvalue weighted by atomic mass is 10.1. The lowest BCUT2D eigenvalue weighted by Gasteiger charge is -2.36. The highest BCUT2D eigenvalue weighted by Gasteiger charge is 2.27. The van der Waals surface area contributed by atoms with Gasteiger partial charge in [0, 0.05) is 12.1 Å². The molecular weight excluding hydrogens is 267 g/mol. The summed E-state index contributed by atoms with van der Waals surface area (Å²) in [5, 5.41) is 8.88. The third-order valence-corrected chi connectivity index (χ3v) is 3.18. The van der Waals surface area contributed by atoms with Crippen molar-refractivity contribution in [3.63, 3.8) is 0 Å². The minimum atomic E-state index is -0.973. The maximum absolute atomic E-state index is 14.1. The van der Waals surface area contributed by atoms with Gasteiger partial charge in [0.25, 0.3) is 0 Å². The third-order valence-electron chi connectivity index (χ3n) is 3.18. The summed E-state index contributed by atoms with van der Waals surface area (Å²) >= 11 is 0. The molecule has 2 rings (SSSR count). The van der Waals surface area contributed by atoms with Gasteiger partial charge >= 0.3 is 5.97 Å². The van der Waals surface area contributed by atoms with Gasteiger partial charge in [-0.15, -0.1) is 0 Å². The van der Waals surface area contributed by atoms with Crippen LogP contribution in [-0.2, 0) is 9.53 Å². The predicted molar refractivity (Wildman–Crippen MR) is 69.1 cm³/mol. The SMILES string of the molecule is NC(=O)c1ccc(N2CCOCC2CC(=O)O)c(F)c1. The Kier molecular flexibility index (Phi) is 4.19. The average Bonchev–Trinajstić information content (AvgIpc) is 2.39. The van der Waals surface area contributed by atoms with Crippen molar-refractivity contribution < 1.29 is 23.8 Å². The number of rotatable bonds is 4. The Hall–Kier alpha value is -2.15. The summed E-state index contributed by atoms with van der Waals surface area (Å²) in [4.78, 5) is 23.5. The number of aliphatic carboxylic acids is 1. The van der Waals surface area contributed by atoms with E-state index in [4.69, 9.17) is 15.6 Å². The average molecular weight is 282 g/mol. The van der Waals surface area contributed by atoms with Crippen molar-refractivity contribution in [3.8, 4) is 0 Å². The predicted octanol–water partition coefficient (Wildman–Crippen LogP) is 0.604. The Labute approximate surface area is 114 Å². The highest BCUT2D eigenvalue weighted by atomic mass is 19.1. The molecule has 1 amide bonds. The van der Waals surface area contributed by atoms with E-state index in [2.05, 4.69) is 0 Å². The van der Waals surface area contributed by atoms with Crippen LogP contribution < -0.4 is 10.6 Å². The molecule has 7 heteroatoms. The van der Waals surface area contributed by atoms with E-state index in [1.165, 1.54) is 12.1 Å². The third kappa shape index (κ3) is 3.05. The Morgan fingerprint density at radius 1 is 1.50 bits per heavy atom. The fourth-order valence-corrected chi connectivity index (χ4v) is 2.24. The minimum absolute atomic E-state index is 0.0781. The first kappa shape index (κ1) is 14.3. The first-order valence-electron chi connectivity index (χ1n) is 6.14. The molecule has 6 nitrogen and oxygen atoms in total. The van der Waals surface area contributed by atoms with Crippen molar-refractivity contribution in [1.82, 2.24) is 0 Å². The van der Waals surface area contributed by atoms with Gasteiger partial charge in [-0.05, 0) is 18.2 Å². The molecule has 3 N–H and O–H groups in total. The summed E-state index contributed by atoms with van der Waals surface area (Å²) < 4.78 is 19.3. The summed E-state index contributed by atoms with van der Waals surface area (Å²) in [6.07, 6.45) is -0.142. The number of hydrogen-bond acceptors (Lipinski definition) is 4. The number of primary amides is 1. The second kappa shape index (κ2) is 5.87. The van der Waals surface area contributed by atoms with Gasteiger partial charge in [-0.25, -0.2) is 4.39 Å². The number of carbonyl (C=O) groups is 2. The van der Waals surface area contributed by atoms with Crippen LogP contribution in [0.25, 0.3) is 0 Å². The number of carboxylic acid groups (broad SMARTS) is 1. The number of halogens is 1. The van der Waals surface area contributed by atoms with E-state index in [-0.39, 0.29) is 24.3 Å². The number of morpholine rings is 1. The fourth-order valence-electron chi connectivity index (χ4n) is 2.24. The van der Waals surface area contributed by atoms with Gasteiger partial charge in [-0.3, -0.25) is 9.59 Å². The zero-order chi connectivity index (χ0) is 14.7. The Morgan fingerprint density at radius 3 is 2.85 bits per heavy atom. The molecule has 0 saturated carbocycles. The van der Waals surface area contributed by atoms with E-state index >= 15 is 0 Å². The number of ether oxygens (including phenoxy) is 1. The molecule has 0 aliphatic carbocycles. The van der Waals surface area contributed by atoms with Crippen molar-refractivity contribution in [1.29, 1.82) is 0 Å². The highest BCUT2D eigenvalue weighted by Crippen LogP contribution is 2.25. The van der Waals surface area contributed by atoms with Gasteiger partial charge in [-0.1, -0.05) is 0 Å². The first-order valence-corrected chi connectivity index (χ1v) is 6.14. The molecule has 20 heavy (non-hydrogen) atoms. The number of amides is 1. The second-order valence-electron chi connectivity index (χ2n) is 4.55. The van der Waals surface area contributed by atoms with Gasteiger partial charge in [0.15, 0.2) is 0 Å². The smallest absolute Gasteiger partial charge is 0.305 e. The van der Waals surface area contributed by atoms with Gasteiger partial charge in [0.2, 0.25) is 5.91 Å². The maximum Gasteiger partial charge on any atom is 0.305 e. The van der Waals surface area contributed by atoms with Crippen LogP contribution in [0.2, 0.25) is 0 Å². The summed E-state index contributed by atoms with van der Waals surface area (Å²) in [5.41, 5.74) is 5.42. The van der Waals surface area contributed by atoms with Gasteiger partial charge < -0.3 is 20.5 Å². The fraction of sp³-hybridized carbons (Fsp3) is 0.385. The lowest BCUT2D eigenvalue weighted by molar-refractivity contribution is -0.138. The van der Waals surface area contributed by atoms with Crippen LogP contribution in [0.4, 0.5) is 10.1 Å². The second-order valence-corrected chi connectivity index (χ2v) is 4.55. The Bertz CT molecular complexity index is 535. The molecule has 0 radical (unpaired) electrons. The van der Waals surface area contributed by atoms with Crippen LogP contribution in [0.3, 0.4) is 0 Å². The van der Waals surface area contributed by atoms with Crippen LogP contribution in [0.5, 0.6) is 0 Å². The van der Waals surface area contributed by atoms with E-state index in [1.807, 2.05) is 0 Å². The van der Waals surface area contributed by atoms with E-state index in [0.717, 1.165) is 6.07 Å². The molecule has 1 unspecified atom stereocenters. The quantitative estimate of drug-likeness (QED) is 0.843. The van der Waals surface area contributed by atoms with Gasteiger partial charge in [0.1, 0.15) is 5.82 Å². The number of nitrogens with two attached hydrogens (primary N) is 1. The van der Waals surface area contributed by atoms with Crippen molar-refractivity contribution in [2.45, 2.75) is 12.5 Å². The van der Waals surface area contributed by atoms with Crippen LogP contribution in [-0.4, -0.2) is 42.8 Å². The first-order chi connectivity index (χ1) is 9.49. The van der Waals surface area contributed by atoms with Crippen molar-refractivity contribution >= 4 is 17.6 Å². The van der Waals surface area contributed by atoms with Crippen LogP contribution in [0, 0.1) is 5.82 Å². The molecule has 1 aliphatic heterocycles. The minimum Gasteiger partial charge on any atom is -0.481 e. The zero-order valence-corrected chi connectivity index (χ0v) is 10.7. The number of hydrogen-bond donors (Lipinski definition) is 2. The van der Waals surface area contributed by atoms with E-state index in [0.29, 0.717) is 13.2 Å². The lowest BCUT2D eigenvalue weighted by Crippen LogP contribution is -2.47. The number of benzene rings is 1. The van der Waals surface area contributed by atoms with E-state index < -0.39 is 23.7 Å². The standard InChI is InChI=1S/C13H15FN2O4/c14-10-5-8(13(15)19)1-2-11(10)16-3-4-20-7-9(16)6-12(17)18/h1-2,5,9H,3-4,6-7H2,(H2,15,19)(H,17,18). The highest BCUT2D eigenvalue weighted by molar-refractivity contribution is 5.93. The molecule has 1 aromatic carbocycles. The van der Waals surface area contributed by atoms with E-state index in [9.17, 15) is 14.0 Å². The summed E-state index contributed by atoms with van der Waals surface area (Å²) in [6.45, 7) is 1.02. The van der Waals surface area contributed by atoms with Crippen LogP contribution >= 0.6 is 0 Å². The van der Waals surface area contributed by atoms with Gasteiger partial charge in [0.05, 0.1) is 31.4 Å². The molecule has 1 heterocycles. The van der Waals surface area contributed by atoms with Crippen molar-refractivity contribution in [3.05, 3.63) is 29.6 Å². The molecule has 1 aromatic rings. The molecular formula is C13H15FN2O4. The van der Waals surface area contributed by atoms with E-state index in [1.54, 1.807) is 4.90 Å². The van der Waals surface area contributed by atoms with Crippen LogP contribution in [0.1, 0.15) is 16.8 Å². The summed E-state index contributed by atoms with van der Waals surface area (Å²) in [6, 6.07) is 3.49. The molecule has 1 saturated heterocycles. The normalized spacial score (nSPS) is 18.9.